The standard InChI is InChI=1S/C12H16N2O2/c1-7(2)11-10(16-8-3-4-8)6-5-9(14-11)12(13)15/h5-8H,3-4H2,1-2H3,(H2,13,15). The van der Waals surface area contributed by atoms with Crippen LogP contribution in [0, 0.1) is 0 Å². The number of aromatic nitrogens is 1. The summed E-state index contributed by atoms with van der Waals surface area (Å²) in [4.78, 5) is 15.3. The lowest BCUT2D eigenvalue weighted by molar-refractivity contribution is 0.0995. The van der Waals surface area contributed by atoms with E-state index in [-0.39, 0.29) is 5.92 Å². The predicted molar refractivity (Wildman–Crippen MR) is 60.5 cm³/mol. The lowest BCUT2D eigenvalue weighted by Gasteiger charge is -2.13. The Bertz CT molecular complexity index is 411. The Morgan fingerprint density at radius 2 is 2.19 bits per heavy atom. The first-order valence-corrected chi connectivity index (χ1v) is 5.55. The van der Waals surface area contributed by atoms with Crippen LogP contribution in [0.15, 0.2) is 12.1 Å². The Labute approximate surface area is 94.8 Å². The number of nitrogens with zero attached hydrogens (tertiary/aromatic N) is 1. The quantitative estimate of drug-likeness (QED) is 0.842. The molecule has 86 valence electrons. The summed E-state index contributed by atoms with van der Waals surface area (Å²) in [5.74, 6) is 0.496. The molecule has 0 unspecified atom stereocenters. The van der Waals surface area contributed by atoms with Crippen molar-refractivity contribution in [3.63, 3.8) is 0 Å². The zero-order chi connectivity index (χ0) is 11.7. The van der Waals surface area contributed by atoms with E-state index < -0.39 is 5.91 Å². The van der Waals surface area contributed by atoms with E-state index in [9.17, 15) is 4.79 Å². The normalized spacial score (nSPS) is 15.2. The lowest BCUT2D eigenvalue weighted by Crippen LogP contribution is -2.15. The third-order valence-electron chi connectivity index (χ3n) is 2.50. The Kier molecular flexibility index (Phi) is 2.81. The van der Waals surface area contributed by atoms with Crippen molar-refractivity contribution in [3.8, 4) is 5.75 Å². The minimum absolute atomic E-state index is 0.216. The first-order chi connectivity index (χ1) is 7.58. The second-order valence-corrected chi connectivity index (χ2v) is 4.42. The first-order valence-electron chi connectivity index (χ1n) is 5.55. The smallest absolute Gasteiger partial charge is 0.267 e. The summed E-state index contributed by atoms with van der Waals surface area (Å²) in [6.07, 6.45) is 2.54. The average molecular weight is 220 g/mol. The predicted octanol–water partition coefficient (Wildman–Crippen LogP) is 1.85. The molecular formula is C12H16N2O2. The van der Waals surface area contributed by atoms with Crippen LogP contribution >= 0.6 is 0 Å². The van der Waals surface area contributed by atoms with Crippen molar-refractivity contribution >= 4 is 5.91 Å². The summed E-state index contributed by atoms with van der Waals surface area (Å²) < 4.78 is 5.74. The van der Waals surface area contributed by atoms with Crippen molar-refractivity contribution in [2.45, 2.75) is 38.7 Å². The molecule has 1 aliphatic carbocycles. The van der Waals surface area contributed by atoms with Crippen molar-refractivity contribution in [1.29, 1.82) is 0 Å². The van der Waals surface area contributed by atoms with Crippen molar-refractivity contribution in [2.75, 3.05) is 0 Å². The van der Waals surface area contributed by atoms with Crippen molar-refractivity contribution in [3.05, 3.63) is 23.5 Å². The van der Waals surface area contributed by atoms with Crippen LogP contribution in [0.2, 0.25) is 0 Å². The van der Waals surface area contributed by atoms with Gasteiger partial charge in [0.2, 0.25) is 0 Å². The van der Waals surface area contributed by atoms with Crippen LogP contribution in [0.25, 0.3) is 0 Å². The highest BCUT2D eigenvalue weighted by atomic mass is 16.5. The second-order valence-electron chi connectivity index (χ2n) is 4.42. The van der Waals surface area contributed by atoms with E-state index in [1.807, 2.05) is 13.8 Å². The van der Waals surface area contributed by atoms with Gasteiger partial charge in [0, 0.05) is 0 Å². The first kappa shape index (κ1) is 10.9. The molecule has 0 aliphatic heterocycles. The molecule has 4 heteroatoms. The largest absolute Gasteiger partial charge is 0.489 e. The third kappa shape index (κ3) is 2.32. The average Bonchev–Trinajstić information content (AvgIpc) is 3.01. The minimum atomic E-state index is -0.500. The van der Waals surface area contributed by atoms with E-state index in [2.05, 4.69) is 4.98 Å². The molecule has 4 nitrogen and oxygen atoms in total. The van der Waals surface area contributed by atoms with Gasteiger partial charge in [-0.2, -0.15) is 0 Å². The van der Waals surface area contributed by atoms with Gasteiger partial charge in [0.25, 0.3) is 5.91 Å². The van der Waals surface area contributed by atoms with Gasteiger partial charge in [-0.1, -0.05) is 13.8 Å². The molecule has 0 spiro atoms. The van der Waals surface area contributed by atoms with E-state index in [1.165, 1.54) is 0 Å². The molecule has 0 aromatic carbocycles. The zero-order valence-corrected chi connectivity index (χ0v) is 9.56. The molecule has 0 bridgehead atoms. The maximum Gasteiger partial charge on any atom is 0.267 e. The summed E-state index contributed by atoms with van der Waals surface area (Å²) >= 11 is 0. The van der Waals surface area contributed by atoms with Crippen LogP contribution in [-0.4, -0.2) is 17.0 Å². The minimum Gasteiger partial charge on any atom is -0.489 e. The van der Waals surface area contributed by atoms with Crippen LogP contribution in [0.5, 0.6) is 5.75 Å². The number of primary amides is 1. The zero-order valence-electron chi connectivity index (χ0n) is 9.56. The Balaban J connectivity index is 2.31. The molecule has 0 atom stereocenters. The summed E-state index contributed by atoms with van der Waals surface area (Å²) in [6, 6.07) is 3.41. The maximum absolute atomic E-state index is 11.0. The Morgan fingerprint density at radius 3 is 2.69 bits per heavy atom. The topological polar surface area (TPSA) is 65.2 Å². The molecule has 1 saturated carbocycles. The van der Waals surface area contributed by atoms with Crippen molar-refractivity contribution in [2.24, 2.45) is 5.73 Å². The van der Waals surface area contributed by atoms with Gasteiger partial charge in [0.15, 0.2) is 0 Å². The molecular weight excluding hydrogens is 204 g/mol. The monoisotopic (exact) mass is 220 g/mol. The number of nitrogens with two attached hydrogens (primary N) is 1. The van der Waals surface area contributed by atoms with Crippen LogP contribution in [0.1, 0.15) is 48.8 Å². The lowest BCUT2D eigenvalue weighted by atomic mass is 10.1. The van der Waals surface area contributed by atoms with E-state index in [1.54, 1.807) is 12.1 Å². The molecule has 2 rings (SSSR count). The SMILES string of the molecule is CC(C)c1nc(C(N)=O)ccc1OC1CC1. The molecule has 1 aromatic heterocycles. The highest BCUT2D eigenvalue weighted by molar-refractivity contribution is 5.90. The van der Waals surface area contributed by atoms with Gasteiger partial charge in [-0.15, -0.1) is 0 Å². The van der Waals surface area contributed by atoms with Crippen molar-refractivity contribution < 1.29 is 9.53 Å². The highest BCUT2D eigenvalue weighted by Crippen LogP contribution is 2.31. The molecule has 1 aromatic rings. The molecule has 0 radical (unpaired) electrons. The van der Waals surface area contributed by atoms with Gasteiger partial charge in [0.05, 0.1) is 11.8 Å². The number of pyridine rings is 1. The summed E-state index contributed by atoms with van der Waals surface area (Å²) in [7, 11) is 0. The van der Waals surface area contributed by atoms with E-state index >= 15 is 0 Å². The fourth-order valence-electron chi connectivity index (χ4n) is 1.48. The summed E-state index contributed by atoms with van der Waals surface area (Å²) in [5.41, 5.74) is 6.31. The number of hydrogen-bond donors (Lipinski definition) is 1. The fraction of sp³-hybridized carbons (Fsp3) is 0.500. The van der Waals surface area contributed by atoms with Gasteiger partial charge >= 0.3 is 0 Å². The Hall–Kier alpha value is -1.58. The van der Waals surface area contributed by atoms with E-state index in [0.29, 0.717) is 11.8 Å². The molecule has 1 aliphatic rings. The van der Waals surface area contributed by atoms with Crippen LogP contribution in [-0.2, 0) is 0 Å². The van der Waals surface area contributed by atoms with Crippen LogP contribution < -0.4 is 10.5 Å². The molecule has 1 heterocycles. The fourth-order valence-corrected chi connectivity index (χ4v) is 1.48. The number of amides is 1. The van der Waals surface area contributed by atoms with E-state index in [4.69, 9.17) is 10.5 Å². The summed E-state index contributed by atoms with van der Waals surface area (Å²) in [5, 5.41) is 0. The summed E-state index contributed by atoms with van der Waals surface area (Å²) in [6.45, 7) is 4.04. The molecule has 0 saturated heterocycles. The molecule has 1 fully saturated rings. The van der Waals surface area contributed by atoms with Gasteiger partial charge in [0.1, 0.15) is 11.4 Å². The number of carbonyl (C=O) groups is 1. The van der Waals surface area contributed by atoms with Gasteiger partial charge in [-0.05, 0) is 30.9 Å². The maximum atomic E-state index is 11.0. The second kappa shape index (κ2) is 4.12. The van der Waals surface area contributed by atoms with E-state index in [0.717, 1.165) is 24.3 Å². The van der Waals surface area contributed by atoms with Crippen LogP contribution in [0.3, 0.4) is 0 Å². The third-order valence-corrected chi connectivity index (χ3v) is 2.50. The van der Waals surface area contributed by atoms with Gasteiger partial charge in [-0.3, -0.25) is 4.79 Å². The van der Waals surface area contributed by atoms with Gasteiger partial charge in [-0.25, -0.2) is 4.98 Å². The highest BCUT2D eigenvalue weighted by Gasteiger charge is 2.25. The molecule has 2 N–H and O–H groups in total. The molecule has 16 heavy (non-hydrogen) atoms. The molecule has 1 amide bonds. The Morgan fingerprint density at radius 1 is 1.50 bits per heavy atom. The number of carbonyl (C=O) groups excluding carboxylic acids is 1. The van der Waals surface area contributed by atoms with Crippen LogP contribution in [0.4, 0.5) is 0 Å². The number of hydrogen-bond acceptors (Lipinski definition) is 3. The van der Waals surface area contributed by atoms with Crippen molar-refractivity contribution in [1.82, 2.24) is 4.98 Å². The van der Waals surface area contributed by atoms with Gasteiger partial charge < -0.3 is 10.5 Å². The number of rotatable bonds is 4. The number of ether oxygens (including phenoxy) is 1.